The van der Waals surface area contributed by atoms with Crippen molar-refractivity contribution in [3.63, 3.8) is 0 Å². The van der Waals surface area contributed by atoms with Crippen LogP contribution in [0.25, 0.3) is 0 Å². The fourth-order valence-corrected chi connectivity index (χ4v) is 3.20. The number of hydrogen-bond acceptors (Lipinski definition) is 2. The van der Waals surface area contributed by atoms with Crippen LogP contribution in [0.1, 0.15) is 41.6 Å². The summed E-state index contributed by atoms with van der Waals surface area (Å²) in [6.45, 7) is 0.397. The Morgan fingerprint density at radius 2 is 1.76 bits per heavy atom. The summed E-state index contributed by atoms with van der Waals surface area (Å²) in [4.78, 5) is 24.4. The first-order valence-electron chi connectivity index (χ1n) is 8.55. The smallest absolute Gasteiger partial charge is 0.251 e. The van der Waals surface area contributed by atoms with Crippen LogP contribution in [-0.2, 0) is 11.3 Å². The number of carbonyl (C=O) groups excluding carboxylic acids is 2. The van der Waals surface area contributed by atoms with Crippen LogP contribution < -0.4 is 10.6 Å². The molecule has 0 unspecified atom stereocenters. The van der Waals surface area contributed by atoms with Crippen molar-refractivity contribution in [2.24, 2.45) is 5.92 Å². The number of benzene rings is 2. The van der Waals surface area contributed by atoms with Crippen LogP contribution in [0.3, 0.4) is 0 Å². The quantitative estimate of drug-likeness (QED) is 0.834. The third-order valence-corrected chi connectivity index (χ3v) is 4.73. The molecule has 1 saturated carbocycles. The van der Waals surface area contributed by atoms with Crippen molar-refractivity contribution in [3.8, 4) is 0 Å². The lowest BCUT2D eigenvalue weighted by atomic mass is 10.1. The Morgan fingerprint density at radius 1 is 1.04 bits per heavy atom. The van der Waals surface area contributed by atoms with E-state index in [1.165, 1.54) is 0 Å². The van der Waals surface area contributed by atoms with Crippen LogP contribution in [0.4, 0.5) is 5.69 Å². The monoisotopic (exact) mass is 356 g/mol. The van der Waals surface area contributed by atoms with Crippen LogP contribution in [0.2, 0.25) is 5.02 Å². The van der Waals surface area contributed by atoms with Gasteiger partial charge >= 0.3 is 0 Å². The van der Waals surface area contributed by atoms with Crippen molar-refractivity contribution in [1.82, 2.24) is 5.32 Å². The molecular formula is C20H21ClN2O2. The number of carbonyl (C=O) groups is 2. The van der Waals surface area contributed by atoms with Gasteiger partial charge in [-0.3, -0.25) is 9.59 Å². The normalized spacial score (nSPS) is 14.3. The topological polar surface area (TPSA) is 58.2 Å². The zero-order valence-corrected chi connectivity index (χ0v) is 14.7. The first-order valence-corrected chi connectivity index (χ1v) is 8.93. The van der Waals surface area contributed by atoms with Crippen LogP contribution in [0.5, 0.6) is 0 Å². The molecule has 5 heteroatoms. The Morgan fingerprint density at radius 3 is 2.48 bits per heavy atom. The van der Waals surface area contributed by atoms with Gasteiger partial charge in [-0.1, -0.05) is 36.6 Å². The van der Waals surface area contributed by atoms with E-state index >= 15 is 0 Å². The van der Waals surface area contributed by atoms with E-state index in [4.69, 9.17) is 11.6 Å². The molecule has 130 valence electrons. The second-order valence-electron chi connectivity index (χ2n) is 6.36. The molecule has 2 aromatic carbocycles. The minimum atomic E-state index is -0.155. The summed E-state index contributed by atoms with van der Waals surface area (Å²) in [5.74, 6) is 0.0742. The van der Waals surface area contributed by atoms with Crippen molar-refractivity contribution >= 4 is 29.1 Å². The lowest BCUT2D eigenvalue weighted by Gasteiger charge is -2.12. The molecule has 2 amide bonds. The number of rotatable bonds is 5. The SMILES string of the molecule is O=C(NCc1cccc(NC(=O)C2CCCC2)c1)c1ccc(Cl)cc1. The van der Waals surface area contributed by atoms with Gasteiger partial charge in [-0.2, -0.15) is 0 Å². The van der Waals surface area contributed by atoms with Gasteiger partial charge in [-0.15, -0.1) is 0 Å². The van der Waals surface area contributed by atoms with E-state index in [0.29, 0.717) is 17.1 Å². The molecule has 3 rings (SSSR count). The third kappa shape index (κ3) is 4.83. The third-order valence-electron chi connectivity index (χ3n) is 4.48. The van der Waals surface area contributed by atoms with Gasteiger partial charge in [0.15, 0.2) is 0 Å². The summed E-state index contributed by atoms with van der Waals surface area (Å²) in [5, 5.41) is 6.46. The Kier molecular flexibility index (Phi) is 5.71. The van der Waals surface area contributed by atoms with E-state index in [1.54, 1.807) is 24.3 Å². The maximum Gasteiger partial charge on any atom is 0.251 e. The number of amides is 2. The van der Waals surface area contributed by atoms with E-state index in [2.05, 4.69) is 10.6 Å². The predicted octanol–water partition coefficient (Wildman–Crippen LogP) is 4.40. The molecule has 0 aliphatic heterocycles. The molecule has 0 bridgehead atoms. The molecule has 2 N–H and O–H groups in total. The fourth-order valence-electron chi connectivity index (χ4n) is 3.08. The van der Waals surface area contributed by atoms with Crippen LogP contribution in [-0.4, -0.2) is 11.8 Å². The van der Waals surface area contributed by atoms with Gasteiger partial charge in [-0.25, -0.2) is 0 Å². The largest absolute Gasteiger partial charge is 0.348 e. The van der Waals surface area contributed by atoms with Gasteiger partial charge in [0.05, 0.1) is 0 Å². The Labute approximate surface area is 152 Å². The molecule has 0 aromatic heterocycles. The van der Waals surface area contributed by atoms with Gasteiger partial charge < -0.3 is 10.6 Å². The van der Waals surface area contributed by atoms with Crippen LogP contribution in [0, 0.1) is 5.92 Å². The molecule has 0 radical (unpaired) electrons. The second kappa shape index (κ2) is 8.17. The maximum absolute atomic E-state index is 12.2. The van der Waals surface area contributed by atoms with Crippen molar-refractivity contribution in [1.29, 1.82) is 0 Å². The zero-order valence-electron chi connectivity index (χ0n) is 13.9. The molecule has 4 nitrogen and oxygen atoms in total. The van der Waals surface area contributed by atoms with Crippen molar-refractivity contribution < 1.29 is 9.59 Å². The van der Waals surface area contributed by atoms with Gasteiger partial charge in [0.2, 0.25) is 5.91 Å². The molecule has 1 aliphatic rings. The van der Waals surface area contributed by atoms with E-state index in [0.717, 1.165) is 36.9 Å². The lowest BCUT2D eigenvalue weighted by molar-refractivity contribution is -0.119. The summed E-state index contributed by atoms with van der Waals surface area (Å²) in [5.41, 5.74) is 2.27. The predicted molar refractivity (Wildman–Crippen MR) is 99.7 cm³/mol. The molecule has 0 heterocycles. The summed E-state index contributed by atoms with van der Waals surface area (Å²) < 4.78 is 0. The summed E-state index contributed by atoms with van der Waals surface area (Å²) in [6, 6.07) is 14.3. The van der Waals surface area contributed by atoms with Gasteiger partial charge in [0, 0.05) is 28.7 Å². The van der Waals surface area contributed by atoms with E-state index in [9.17, 15) is 9.59 Å². The van der Waals surface area contributed by atoms with Gasteiger partial charge in [0.25, 0.3) is 5.91 Å². The summed E-state index contributed by atoms with van der Waals surface area (Å²) in [7, 11) is 0. The fraction of sp³-hybridized carbons (Fsp3) is 0.300. The van der Waals surface area contributed by atoms with Crippen molar-refractivity contribution in [3.05, 3.63) is 64.7 Å². The minimum absolute atomic E-state index is 0.0971. The van der Waals surface area contributed by atoms with E-state index in [1.807, 2.05) is 24.3 Å². The summed E-state index contributed by atoms with van der Waals surface area (Å²) in [6.07, 6.45) is 4.22. The average Bonchev–Trinajstić information content (AvgIpc) is 3.15. The Hall–Kier alpha value is -2.33. The van der Waals surface area contributed by atoms with Crippen LogP contribution in [0.15, 0.2) is 48.5 Å². The van der Waals surface area contributed by atoms with E-state index in [-0.39, 0.29) is 17.7 Å². The number of hydrogen-bond donors (Lipinski definition) is 2. The number of anilines is 1. The Balaban J connectivity index is 1.56. The van der Waals surface area contributed by atoms with Crippen molar-refractivity contribution in [2.45, 2.75) is 32.2 Å². The first-order chi connectivity index (χ1) is 12.1. The maximum atomic E-state index is 12.2. The molecule has 1 fully saturated rings. The first kappa shape index (κ1) is 17.5. The lowest BCUT2D eigenvalue weighted by Crippen LogP contribution is -2.23. The standard InChI is InChI=1S/C20H21ClN2O2/c21-17-10-8-16(9-11-17)19(24)22-13-14-4-3-7-18(12-14)23-20(25)15-5-1-2-6-15/h3-4,7-12,15H,1-2,5-6,13H2,(H,22,24)(H,23,25). The molecule has 0 spiro atoms. The highest BCUT2D eigenvalue weighted by molar-refractivity contribution is 6.30. The highest BCUT2D eigenvalue weighted by atomic mass is 35.5. The van der Waals surface area contributed by atoms with E-state index < -0.39 is 0 Å². The molecule has 0 atom stereocenters. The minimum Gasteiger partial charge on any atom is -0.348 e. The average molecular weight is 357 g/mol. The highest BCUT2D eigenvalue weighted by Crippen LogP contribution is 2.26. The second-order valence-corrected chi connectivity index (χ2v) is 6.80. The molecule has 0 saturated heterocycles. The molecule has 2 aromatic rings. The summed E-state index contributed by atoms with van der Waals surface area (Å²) >= 11 is 5.83. The van der Waals surface area contributed by atoms with Crippen LogP contribution >= 0.6 is 11.6 Å². The van der Waals surface area contributed by atoms with Gasteiger partial charge in [-0.05, 0) is 54.8 Å². The Bertz CT molecular complexity index is 753. The molecular weight excluding hydrogens is 336 g/mol. The number of halogens is 1. The van der Waals surface area contributed by atoms with Gasteiger partial charge in [0.1, 0.15) is 0 Å². The highest BCUT2D eigenvalue weighted by Gasteiger charge is 2.22. The molecule has 1 aliphatic carbocycles. The zero-order chi connectivity index (χ0) is 17.6. The number of nitrogens with one attached hydrogen (secondary N) is 2. The van der Waals surface area contributed by atoms with Crippen molar-refractivity contribution in [2.75, 3.05) is 5.32 Å². The molecule has 25 heavy (non-hydrogen) atoms.